The Hall–Kier alpha value is -3.88. The summed E-state index contributed by atoms with van der Waals surface area (Å²) >= 11 is -0.562. The van der Waals surface area contributed by atoms with Crippen LogP contribution in [0.2, 0.25) is 0 Å². The fourth-order valence-corrected chi connectivity index (χ4v) is 4.81. The van der Waals surface area contributed by atoms with E-state index in [0.717, 1.165) is 30.3 Å². The first-order valence-electron chi connectivity index (χ1n) is 11.0. The van der Waals surface area contributed by atoms with E-state index in [-0.39, 0.29) is 26.7 Å². The summed E-state index contributed by atoms with van der Waals surface area (Å²) < 4.78 is 185. The monoisotopic (exact) mass is 683 g/mol. The predicted molar refractivity (Wildman–Crippen MR) is 127 cm³/mol. The van der Waals surface area contributed by atoms with Crippen LogP contribution in [0.4, 0.5) is 83.7 Å². The Bertz CT molecular complexity index is 1740. The van der Waals surface area contributed by atoms with Crippen molar-refractivity contribution in [2.75, 3.05) is 0 Å². The van der Waals surface area contributed by atoms with Gasteiger partial charge in [0.05, 0.1) is 21.6 Å². The highest BCUT2D eigenvalue weighted by molar-refractivity contribution is 8.00. The first-order chi connectivity index (χ1) is 20.3. The average Bonchev–Trinajstić information content (AvgIpc) is 3.35. The van der Waals surface area contributed by atoms with Gasteiger partial charge in [-0.1, -0.05) is 11.3 Å². The number of nitrogens with zero attached hydrogens (tertiary/aromatic N) is 5. The van der Waals surface area contributed by atoms with Crippen LogP contribution in [0.3, 0.4) is 0 Å². The van der Waals surface area contributed by atoms with E-state index in [1.807, 2.05) is 0 Å². The molecule has 0 aliphatic heterocycles. The highest BCUT2D eigenvalue weighted by atomic mass is 32.2. The number of halogens is 14. The number of fused-ring (bicyclic) bond motifs is 1. The molecule has 0 spiro atoms. The summed E-state index contributed by atoms with van der Waals surface area (Å²) in [5.41, 5.74) is -1.51. The Labute approximate surface area is 242 Å². The van der Waals surface area contributed by atoms with E-state index in [0.29, 0.717) is 11.3 Å². The zero-order valence-electron chi connectivity index (χ0n) is 20.4. The molecule has 0 N–H and O–H groups in total. The summed E-state index contributed by atoms with van der Waals surface area (Å²) in [5.74, 6) is -25.0. The van der Waals surface area contributed by atoms with Crippen molar-refractivity contribution < 1.29 is 61.5 Å². The second-order valence-electron chi connectivity index (χ2n) is 8.23. The number of benzene rings is 3. The van der Waals surface area contributed by atoms with E-state index in [4.69, 9.17) is 0 Å². The van der Waals surface area contributed by atoms with Gasteiger partial charge < -0.3 is 0 Å². The third-order valence-electron chi connectivity index (χ3n) is 5.26. The van der Waals surface area contributed by atoms with Crippen molar-refractivity contribution in [2.24, 2.45) is 20.5 Å². The number of hydrogen-bond acceptors (Lipinski definition) is 7. The molecule has 0 unspecified atom stereocenters. The molecule has 0 saturated carbocycles. The van der Waals surface area contributed by atoms with E-state index in [1.54, 1.807) is 0 Å². The predicted octanol–water partition coefficient (Wildman–Crippen LogP) is 11.3. The molecule has 0 aliphatic rings. The van der Waals surface area contributed by atoms with Gasteiger partial charge in [0, 0.05) is 4.90 Å². The summed E-state index contributed by atoms with van der Waals surface area (Å²) in [5, 5.41) is 7.93. The molecule has 0 atom stereocenters. The number of thiazole rings is 1. The molecule has 21 heteroatoms. The number of hydrogen-bond donors (Lipinski definition) is 0. The lowest BCUT2D eigenvalue weighted by atomic mass is 10.1. The summed E-state index contributed by atoms with van der Waals surface area (Å²) in [4.78, 5) is 3.17. The summed E-state index contributed by atoms with van der Waals surface area (Å²) in [6, 6.07) is 7.27. The minimum atomic E-state index is -7.03. The van der Waals surface area contributed by atoms with Crippen molar-refractivity contribution in [3.63, 3.8) is 0 Å². The fraction of sp³-hybridized carbons (Fsp3) is 0.174. The van der Waals surface area contributed by atoms with Gasteiger partial charge in [-0.15, -0.1) is 15.3 Å². The maximum absolute atomic E-state index is 14.0. The van der Waals surface area contributed by atoms with Crippen LogP contribution in [0.5, 0.6) is 0 Å². The van der Waals surface area contributed by atoms with Crippen LogP contribution in [-0.2, 0) is 0 Å². The van der Waals surface area contributed by atoms with Crippen molar-refractivity contribution in [1.82, 2.24) is 4.98 Å². The van der Waals surface area contributed by atoms with Crippen molar-refractivity contribution >= 4 is 55.5 Å². The summed E-state index contributed by atoms with van der Waals surface area (Å²) in [7, 11) is 0. The van der Waals surface area contributed by atoms with Gasteiger partial charge in [-0.2, -0.15) is 44.6 Å². The van der Waals surface area contributed by atoms with E-state index in [1.165, 1.54) is 12.1 Å². The van der Waals surface area contributed by atoms with Crippen LogP contribution >= 0.6 is 23.1 Å². The molecular weight excluding hydrogens is 676 g/mol. The molecule has 0 aliphatic carbocycles. The van der Waals surface area contributed by atoms with Gasteiger partial charge in [0.25, 0.3) is 0 Å². The first kappa shape index (κ1) is 33.0. The Morgan fingerprint density at radius 1 is 0.591 bits per heavy atom. The Kier molecular flexibility index (Phi) is 8.68. The second-order valence-corrected chi connectivity index (χ2v) is 10.4. The summed E-state index contributed by atoms with van der Waals surface area (Å²) in [6.45, 7) is 0. The molecule has 3 aromatic carbocycles. The van der Waals surface area contributed by atoms with Crippen LogP contribution in [-0.4, -0.2) is 28.3 Å². The van der Waals surface area contributed by atoms with Crippen LogP contribution < -0.4 is 0 Å². The van der Waals surface area contributed by atoms with E-state index < -0.39 is 74.7 Å². The molecule has 1 aromatic heterocycles. The highest BCUT2D eigenvalue weighted by Gasteiger charge is 2.82. The minimum Gasteiger partial charge on any atom is -0.217 e. The van der Waals surface area contributed by atoms with Crippen LogP contribution in [0.1, 0.15) is 0 Å². The molecule has 234 valence electrons. The van der Waals surface area contributed by atoms with Gasteiger partial charge >= 0.3 is 23.3 Å². The molecule has 0 fully saturated rings. The molecule has 4 rings (SSSR count). The second kappa shape index (κ2) is 11.6. The Morgan fingerprint density at radius 2 is 1.09 bits per heavy atom. The van der Waals surface area contributed by atoms with Crippen LogP contribution in [0, 0.1) is 29.1 Å². The smallest absolute Gasteiger partial charge is 0.217 e. The van der Waals surface area contributed by atoms with Crippen LogP contribution in [0.25, 0.3) is 10.2 Å². The molecule has 0 amide bonds. The van der Waals surface area contributed by atoms with Gasteiger partial charge in [-0.3, -0.25) is 0 Å². The summed E-state index contributed by atoms with van der Waals surface area (Å²) in [6.07, 6.45) is -6.95. The van der Waals surface area contributed by atoms with Crippen molar-refractivity contribution in [3.8, 4) is 0 Å². The SMILES string of the molecule is Fc1c(F)c(F)c(N=Nc2ccc(N=Nc3nc4ccc(SC(F)(F)C(F)(F)C(F)(F)C(F)(F)F)cc4s3)cc2)c(F)c1F. The molecule has 1 heterocycles. The van der Waals surface area contributed by atoms with Crippen LogP contribution in [0.15, 0.2) is 67.8 Å². The van der Waals surface area contributed by atoms with Crippen molar-refractivity contribution in [1.29, 1.82) is 0 Å². The lowest BCUT2D eigenvalue weighted by Crippen LogP contribution is -2.59. The highest BCUT2D eigenvalue weighted by Crippen LogP contribution is 2.58. The van der Waals surface area contributed by atoms with E-state index in [2.05, 4.69) is 25.4 Å². The number of rotatable bonds is 8. The van der Waals surface area contributed by atoms with Gasteiger partial charge in [-0.25, -0.2) is 26.9 Å². The topological polar surface area (TPSA) is 62.3 Å². The van der Waals surface area contributed by atoms with Gasteiger partial charge in [-0.05, 0) is 54.2 Å². The maximum Gasteiger partial charge on any atom is 0.460 e. The molecule has 4 aromatic rings. The van der Waals surface area contributed by atoms with Gasteiger partial charge in [0.1, 0.15) is 0 Å². The van der Waals surface area contributed by atoms with Gasteiger partial charge in [0.2, 0.25) is 10.9 Å². The molecule has 0 saturated heterocycles. The molecule has 44 heavy (non-hydrogen) atoms. The third-order valence-corrected chi connectivity index (χ3v) is 7.17. The number of thioether (sulfide) groups is 1. The third kappa shape index (κ3) is 6.06. The Morgan fingerprint density at radius 3 is 1.61 bits per heavy atom. The lowest BCUT2D eigenvalue weighted by molar-refractivity contribution is -0.381. The average molecular weight is 683 g/mol. The van der Waals surface area contributed by atoms with Gasteiger partial charge in [0.15, 0.2) is 29.0 Å². The zero-order valence-corrected chi connectivity index (χ0v) is 22.0. The fourth-order valence-electron chi connectivity index (χ4n) is 3.05. The standard InChI is InChI=1S/C23H7F14N5S2/c24-13-14(25)16(27)18(17(28)15(13)26)41-39-8-1-3-9(4-2-8)40-42-19-38-11-6-5-10(7-12(11)43-19)44-23(36,37)21(31,32)20(29,30)22(33,34)35/h1-7H. The Balaban J connectivity index is 1.49. The molecular formula is C23H7F14N5S2. The van der Waals surface area contributed by atoms with E-state index in [9.17, 15) is 61.5 Å². The molecule has 5 nitrogen and oxygen atoms in total. The molecule has 0 radical (unpaired) electrons. The quantitative estimate of drug-likeness (QED) is 0.0610. The van der Waals surface area contributed by atoms with Crippen molar-refractivity contribution in [2.45, 2.75) is 28.2 Å². The zero-order chi connectivity index (χ0) is 32.8. The van der Waals surface area contributed by atoms with Crippen molar-refractivity contribution in [3.05, 3.63) is 71.6 Å². The molecule has 0 bridgehead atoms. The lowest BCUT2D eigenvalue weighted by Gasteiger charge is -2.33. The number of aromatic nitrogens is 1. The normalized spacial score (nSPS) is 13.6. The first-order valence-corrected chi connectivity index (χ1v) is 12.6. The maximum atomic E-state index is 14.0. The number of azo groups is 2. The van der Waals surface area contributed by atoms with E-state index >= 15 is 0 Å². The largest absolute Gasteiger partial charge is 0.460 e. The minimum absolute atomic E-state index is 0.00506. The number of alkyl halides is 9.